The number of carboxylic acid groups (broad SMARTS) is 1. The van der Waals surface area contributed by atoms with Gasteiger partial charge in [-0.2, -0.15) is 0 Å². The van der Waals surface area contributed by atoms with Gasteiger partial charge in [-0.1, -0.05) is 18.1 Å². The average molecular weight is 344 g/mol. The van der Waals surface area contributed by atoms with Gasteiger partial charge < -0.3 is 14.9 Å². The molecule has 2 unspecified atom stereocenters. The second-order valence-corrected chi connectivity index (χ2v) is 7.14. The molecule has 134 valence electrons. The third-order valence-corrected chi connectivity index (χ3v) is 5.89. The molecule has 3 rings (SSSR count). The SMILES string of the molecule is C/C(=C\Cc1c(C)c(C)c2c(c1O)C(=O)OC2)C1CCCC1C(=O)O. The maximum Gasteiger partial charge on any atom is 0.342 e. The van der Waals surface area contributed by atoms with E-state index in [1.165, 1.54) is 0 Å². The second kappa shape index (κ2) is 6.54. The lowest BCUT2D eigenvalue weighted by molar-refractivity contribution is -0.142. The Morgan fingerprint density at radius 3 is 2.60 bits per heavy atom. The minimum atomic E-state index is -0.731. The van der Waals surface area contributed by atoms with E-state index in [1.807, 2.05) is 26.8 Å². The quantitative estimate of drug-likeness (QED) is 0.643. The van der Waals surface area contributed by atoms with Gasteiger partial charge in [-0.25, -0.2) is 4.79 Å². The van der Waals surface area contributed by atoms with E-state index in [9.17, 15) is 19.8 Å². The maximum absolute atomic E-state index is 11.9. The first-order valence-electron chi connectivity index (χ1n) is 8.73. The Kier molecular flexibility index (Phi) is 4.58. The van der Waals surface area contributed by atoms with Crippen LogP contribution in [-0.2, 0) is 22.6 Å². The smallest absolute Gasteiger partial charge is 0.342 e. The number of phenolic OH excluding ortho intramolecular Hbond substituents is 1. The third-order valence-electron chi connectivity index (χ3n) is 5.89. The van der Waals surface area contributed by atoms with Crippen molar-refractivity contribution in [3.05, 3.63) is 39.5 Å². The van der Waals surface area contributed by atoms with E-state index >= 15 is 0 Å². The summed E-state index contributed by atoms with van der Waals surface area (Å²) in [6.07, 6.45) is 5.02. The summed E-state index contributed by atoms with van der Waals surface area (Å²) in [5.41, 5.74) is 4.76. The Morgan fingerprint density at radius 2 is 1.92 bits per heavy atom. The van der Waals surface area contributed by atoms with Crippen LogP contribution in [0.2, 0.25) is 0 Å². The second-order valence-electron chi connectivity index (χ2n) is 7.14. The first-order chi connectivity index (χ1) is 11.8. The molecule has 1 aromatic rings. The standard InChI is InChI=1S/C20H24O5/c1-10(13-5-4-6-15(13)19(22)23)7-8-14-11(2)12(3)16-9-25-20(24)17(16)18(14)21/h7,13,15,21H,4-6,8-9H2,1-3H3,(H,22,23)/b10-7+. The lowest BCUT2D eigenvalue weighted by atomic mass is 9.87. The van der Waals surface area contributed by atoms with Gasteiger partial charge in [-0.05, 0) is 57.1 Å². The average Bonchev–Trinajstić information content (AvgIpc) is 3.19. The normalized spacial score (nSPS) is 22.8. The molecular formula is C20H24O5. The topological polar surface area (TPSA) is 83.8 Å². The molecule has 1 saturated carbocycles. The number of hydrogen-bond donors (Lipinski definition) is 2. The summed E-state index contributed by atoms with van der Waals surface area (Å²) in [7, 11) is 0. The van der Waals surface area contributed by atoms with Crippen LogP contribution < -0.4 is 0 Å². The fraction of sp³-hybridized carbons (Fsp3) is 0.500. The first-order valence-corrected chi connectivity index (χ1v) is 8.73. The number of fused-ring (bicyclic) bond motifs is 1. The van der Waals surface area contributed by atoms with Gasteiger partial charge in [0.25, 0.3) is 0 Å². The predicted molar refractivity (Wildman–Crippen MR) is 92.6 cm³/mol. The van der Waals surface area contributed by atoms with E-state index in [2.05, 4.69) is 0 Å². The molecule has 2 aliphatic rings. The van der Waals surface area contributed by atoms with Crippen molar-refractivity contribution < 1.29 is 24.5 Å². The number of ether oxygens (including phenoxy) is 1. The van der Waals surface area contributed by atoms with Crippen molar-refractivity contribution in [1.29, 1.82) is 0 Å². The number of allylic oxidation sites excluding steroid dienone is 2. The van der Waals surface area contributed by atoms with Crippen LogP contribution in [-0.4, -0.2) is 22.2 Å². The fourth-order valence-electron chi connectivity index (χ4n) is 4.19. The number of hydrogen-bond acceptors (Lipinski definition) is 4. The Morgan fingerprint density at radius 1 is 1.24 bits per heavy atom. The largest absolute Gasteiger partial charge is 0.507 e. The van der Waals surface area contributed by atoms with E-state index in [0.717, 1.165) is 47.1 Å². The predicted octanol–water partition coefficient (Wildman–Crippen LogP) is 3.67. The monoisotopic (exact) mass is 344 g/mol. The van der Waals surface area contributed by atoms with Crippen molar-refractivity contribution in [3.63, 3.8) is 0 Å². The zero-order chi connectivity index (χ0) is 18.3. The minimum Gasteiger partial charge on any atom is -0.507 e. The molecule has 1 aromatic carbocycles. The van der Waals surface area contributed by atoms with E-state index in [0.29, 0.717) is 6.42 Å². The Labute approximate surface area is 147 Å². The zero-order valence-electron chi connectivity index (χ0n) is 14.9. The number of cyclic esters (lactones) is 1. The Balaban J connectivity index is 1.91. The molecule has 1 aliphatic heterocycles. The molecule has 0 amide bonds. The van der Waals surface area contributed by atoms with Gasteiger partial charge in [0.15, 0.2) is 0 Å². The summed E-state index contributed by atoms with van der Waals surface area (Å²) < 4.78 is 5.06. The van der Waals surface area contributed by atoms with Gasteiger partial charge in [-0.3, -0.25) is 4.79 Å². The van der Waals surface area contributed by atoms with Gasteiger partial charge in [0, 0.05) is 11.1 Å². The van der Waals surface area contributed by atoms with Gasteiger partial charge in [0.1, 0.15) is 17.9 Å². The van der Waals surface area contributed by atoms with Crippen LogP contribution >= 0.6 is 0 Å². The van der Waals surface area contributed by atoms with Gasteiger partial charge in [0.05, 0.1) is 5.92 Å². The highest BCUT2D eigenvalue weighted by atomic mass is 16.5. The summed E-state index contributed by atoms with van der Waals surface area (Å²) in [5.74, 6) is -1.46. The molecular weight excluding hydrogens is 320 g/mol. The Bertz CT molecular complexity index is 775. The highest BCUT2D eigenvalue weighted by Gasteiger charge is 2.34. The number of aliphatic carboxylic acids is 1. The maximum atomic E-state index is 11.9. The van der Waals surface area contributed by atoms with Crippen molar-refractivity contribution in [1.82, 2.24) is 0 Å². The van der Waals surface area contributed by atoms with E-state index in [-0.39, 0.29) is 29.8 Å². The highest BCUT2D eigenvalue weighted by molar-refractivity contribution is 5.97. The molecule has 2 N–H and O–H groups in total. The molecule has 0 bridgehead atoms. The van der Waals surface area contributed by atoms with Crippen molar-refractivity contribution in [2.45, 2.75) is 53.1 Å². The summed E-state index contributed by atoms with van der Waals surface area (Å²) in [6.45, 7) is 6.05. The number of carbonyl (C=O) groups is 2. The molecule has 0 aromatic heterocycles. The fourth-order valence-corrected chi connectivity index (χ4v) is 4.19. The van der Waals surface area contributed by atoms with Gasteiger partial charge >= 0.3 is 11.9 Å². The van der Waals surface area contributed by atoms with Crippen LogP contribution in [0.25, 0.3) is 0 Å². The van der Waals surface area contributed by atoms with Crippen molar-refractivity contribution in [2.24, 2.45) is 11.8 Å². The number of aromatic hydroxyl groups is 1. The van der Waals surface area contributed by atoms with Crippen LogP contribution in [0.5, 0.6) is 5.75 Å². The number of carboxylic acids is 1. The lowest BCUT2D eigenvalue weighted by Gasteiger charge is -2.18. The van der Waals surface area contributed by atoms with Crippen LogP contribution in [0.3, 0.4) is 0 Å². The molecule has 1 fully saturated rings. The van der Waals surface area contributed by atoms with E-state index in [4.69, 9.17) is 4.74 Å². The highest BCUT2D eigenvalue weighted by Crippen LogP contribution is 2.39. The van der Waals surface area contributed by atoms with Gasteiger partial charge in [-0.15, -0.1) is 0 Å². The summed E-state index contributed by atoms with van der Waals surface area (Å²) in [6, 6.07) is 0. The molecule has 5 nitrogen and oxygen atoms in total. The van der Waals surface area contributed by atoms with Crippen LogP contribution in [0.1, 0.15) is 58.8 Å². The number of rotatable bonds is 4. The van der Waals surface area contributed by atoms with E-state index in [1.54, 1.807) is 0 Å². The molecule has 0 saturated heterocycles. The third kappa shape index (κ3) is 2.92. The van der Waals surface area contributed by atoms with E-state index < -0.39 is 11.9 Å². The van der Waals surface area contributed by atoms with Crippen LogP contribution in [0, 0.1) is 25.7 Å². The van der Waals surface area contributed by atoms with Gasteiger partial charge in [0.2, 0.25) is 0 Å². The molecule has 1 aliphatic carbocycles. The van der Waals surface area contributed by atoms with Crippen molar-refractivity contribution in [3.8, 4) is 5.75 Å². The molecule has 0 spiro atoms. The summed E-state index contributed by atoms with van der Waals surface area (Å²) >= 11 is 0. The van der Waals surface area contributed by atoms with Crippen molar-refractivity contribution >= 4 is 11.9 Å². The molecule has 0 radical (unpaired) electrons. The molecule has 1 heterocycles. The molecule has 5 heteroatoms. The number of phenols is 1. The zero-order valence-corrected chi connectivity index (χ0v) is 14.9. The minimum absolute atomic E-state index is 0.00542. The lowest BCUT2D eigenvalue weighted by Crippen LogP contribution is -2.19. The van der Waals surface area contributed by atoms with Crippen LogP contribution in [0.15, 0.2) is 11.6 Å². The van der Waals surface area contributed by atoms with Crippen LogP contribution in [0.4, 0.5) is 0 Å². The Hall–Kier alpha value is -2.30. The number of carbonyl (C=O) groups excluding carboxylic acids is 1. The number of benzene rings is 1. The molecule has 2 atom stereocenters. The summed E-state index contributed by atoms with van der Waals surface area (Å²) in [5, 5.41) is 19.9. The molecule has 25 heavy (non-hydrogen) atoms. The number of esters is 1. The first kappa shape index (κ1) is 17.5. The van der Waals surface area contributed by atoms with Crippen molar-refractivity contribution in [2.75, 3.05) is 0 Å². The summed E-state index contributed by atoms with van der Waals surface area (Å²) in [4.78, 5) is 23.3.